The number of nitrogens with one attached hydrogen (secondary N) is 2. The van der Waals surface area contributed by atoms with Crippen LogP contribution in [0.1, 0.15) is 10.4 Å². The van der Waals surface area contributed by atoms with Crippen LogP contribution in [0.25, 0.3) is 0 Å². The molecule has 5 nitrogen and oxygen atoms in total. The van der Waals surface area contributed by atoms with E-state index < -0.39 is 23.5 Å². The number of esters is 1. The Morgan fingerprint density at radius 3 is 2.53 bits per heavy atom. The summed E-state index contributed by atoms with van der Waals surface area (Å²) in [7, 11) is 0. The molecule has 1 aliphatic heterocycles. The number of alkyl halides is 1. The average Bonchev–Trinajstić information content (AvgIpc) is 2.58. The lowest BCUT2D eigenvalue weighted by molar-refractivity contribution is -0.141. The van der Waals surface area contributed by atoms with E-state index >= 15 is 0 Å². The van der Waals surface area contributed by atoms with Crippen molar-refractivity contribution in [1.82, 2.24) is 5.32 Å². The third-order valence-electron chi connectivity index (χ3n) is 2.29. The van der Waals surface area contributed by atoms with Gasteiger partial charge in [-0.2, -0.15) is 0 Å². The van der Waals surface area contributed by atoms with E-state index in [2.05, 4.69) is 5.32 Å². The van der Waals surface area contributed by atoms with E-state index in [1.54, 1.807) is 30.3 Å². The van der Waals surface area contributed by atoms with Crippen LogP contribution in [0.5, 0.6) is 0 Å². The summed E-state index contributed by atoms with van der Waals surface area (Å²) in [5, 5.41) is 8.81. The SMILES string of the molecule is N=C1C(Cl)C(=O)O[C@@H]1NC(=O)c1ccccc1. The van der Waals surface area contributed by atoms with Gasteiger partial charge >= 0.3 is 5.97 Å². The van der Waals surface area contributed by atoms with Gasteiger partial charge in [-0.15, -0.1) is 11.6 Å². The summed E-state index contributed by atoms with van der Waals surface area (Å²) in [5.41, 5.74) is 0.273. The normalized spacial score (nSPS) is 23.4. The van der Waals surface area contributed by atoms with Crippen molar-refractivity contribution < 1.29 is 14.3 Å². The van der Waals surface area contributed by atoms with E-state index in [0.29, 0.717) is 5.56 Å². The molecule has 1 aliphatic rings. The minimum atomic E-state index is -1.11. The van der Waals surface area contributed by atoms with Crippen molar-refractivity contribution in [2.45, 2.75) is 11.6 Å². The summed E-state index contributed by atoms with van der Waals surface area (Å²) < 4.78 is 4.75. The highest BCUT2D eigenvalue weighted by Gasteiger charge is 2.39. The summed E-state index contributed by atoms with van der Waals surface area (Å²) in [6.45, 7) is 0. The highest BCUT2D eigenvalue weighted by atomic mass is 35.5. The molecule has 0 spiro atoms. The average molecular weight is 253 g/mol. The van der Waals surface area contributed by atoms with Gasteiger partial charge in [-0.3, -0.25) is 4.79 Å². The number of hydrogen-bond donors (Lipinski definition) is 2. The Morgan fingerprint density at radius 1 is 1.35 bits per heavy atom. The lowest BCUT2D eigenvalue weighted by Gasteiger charge is -2.11. The molecule has 0 saturated carbocycles. The van der Waals surface area contributed by atoms with Crippen LogP contribution in [0.2, 0.25) is 0 Å². The Morgan fingerprint density at radius 2 is 2.00 bits per heavy atom. The Kier molecular flexibility index (Phi) is 3.10. The minimum absolute atomic E-state index is 0.152. The lowest BCUT2D eigenvalue weighted by Crippen LogP contribution is -2.39. The number of benzene rings is 1. The largest absolute Gasteiger partial charge is 0.434 e. The monoisotopic (exact) mass is 252 g/mol. The maximum Gasteiger partial charge on any atom is 0.332 e. The van der Waals surface area contributed by atoms with E-state index in [9.17, 15) is 9.59 Å². The van der Waals surface area contributed by atoms with Crippen molar-refractivity contribution in [1.29, 1.82) is 5.41 Å². The topological polar surface area (TPSA) is 79.2 Å². The molecule has 2 N–H and O–H groups in total. The number of carbonyl (C=O) groups excluding carboxylic acids is 2. The zero-order valence-corrected chi connectivity index (χ0v) is 9.40. The fraction of sp³-hybridized carbons (Fsp3) is 0.182. The summed E-state index contributed by atoms with van der Waals surface area (Å²) in [4.78, 5) is 22.8. The molecule has 1 unspecified atom stereocenters. The van der Waals surface area contributed by atoms with Crippen LogP contribution in [-0.4, -0.2) is 29.2 Å². The summed E-state index contributed by atoms with van der Waals surface area (Å²) in [6.07, 6.45) is -1.07. The van der Waals surface area contributed by atoms with Crippen LogP contribution >= 0.6 is 11.6 Å². The number of hydrogen-bond acceptors (Lipinski definition) is 4. The fourth-order valence-corrected chi connectivity index (χ4v) is 1.56. The second-order valence-corrected chi connectivity index (χ2v) is 3.91. The first-order chi connectivity index (χ1) is 8.09. The number of carbonyl (C=O) groups is 2. The molecule has 1 heterocycles. The molecule has 0 aliphatic carbocycles. The molecule has 2 rings (SSSR count). The van der Waals surface area contributed by atoms with Gasteiger partial charge in [0, 0.05) is 5.56 Å². The third kappa shape index (κ3) is 2.29. The third-order valence-corrected chi connectivity index (χ3v) is 2.71. The van der Waals surface area contributed by atoms with Crippen molar-refractivity contribution in [3.63, 3.8) is 0 Å². The second-order valence-electron chi connectivity index (χ2n) is 3.47. The quantitative estimate of drug-likeness (QED) is 0.607. The van der Waals surface area contributed by atoms with Gasteiger partial charge in [-0.05, 0) is 12.1 Å². The highest BCUT2D eigenvalue weighted by molar-refractivity contribution is 6.43. The van der Waals surface area contributed by atoms with E-state index in [1.165, 1.54) is 0 Å². The number of rotatable bonds is 2. The molecule has 6 heteroatoms. The first-order valence-electron chi connectivity index (χ1n) is 4.88. The number of cyclic esters (lactones) is 1. The number of ether oxygens (including phenoxy) is 1. The maximum absolute atomic E-state index is 11.7. The van der Waals surface area contributed by atoms with Crippen LogP contribution in [0.15, 0.2) is 30.3 Å². The Labute approximate surface area is 102 Å². The van der Waals surface area contributed by atoms with Crippen molar-refractivity contribution in [2.75, 3.05) is 0 Å². The van der Waals surface area contributed by atoms with Crippen molar-refractivity contribution >= 4 is 29.2 Å². The van der Waals surface area contributed by atoms with E-state index in [1.807, 2.05) is 0 Å². The Balaban J connectivity index is 2.06. The molecule has 1 fully saturated rings. The first-order valence-corrected chi connectivity index (χ1v) is 5.32. The van der Waals surface area contributed by atoms with Crippen LogP contribution < -0.4 is 5.32 Å². The van der Waals surface area contributed by atoms with Gasteiger partial charge in [-0.25, -0.2) is 4.79 Å². The van der Waals surface area contributed by atoms with Gasteiger partial charge < -0.3 is 15.5 Å². The molecule has 0 radical (unpaired) electrons. The molecule has 17 heavy (non-hydrogen) atoms. The summed E-state index contributed by atoms with van der Waals surface area (Å²) in [5.74, 6) is -1.13. The number of amides is 1. The van der Waals surface area contributed by atoms with Crippen molar-refractivity contribution in [2.24, 2.45) is 0 Å². The highest BCUT2D eigenvalue weighted by Crippen LogP contribution is 2.15. The van der Waals surface area contributed by atoms with Gasteiger partial charge in [0.2, 0.25) is 6.23 Å². The standard InChI is InChI=1S/C11H9ClN2O3/c12-7-8(13)10(17-11(7)16)14-9(15)6-4-2-1-3-5-6/h1-5,7,10,13H,(H,14,15)/t7?,10-/m0/s1. The lowest BCUT2D eigenvalue weighted by atomic mass is 10.2. The molecule has 1 saturated heterocycles. The molecule has 1 amide bonds. The molecule has 1 aromatic rings. The van der Waals surface area contributed by atoms with Gasteiger partial charge in [0.25, 0.3) is 5.91 Å². The first kappa shape index (κ1) is 11.6. The van der Waals surface area contributed by atoms with Crippen LogP contribution in [0, 0.1) is 5.41 Å². The Hall–Kier alpha value is -1.88. The fourth-order valence-electron chi connectivity index (χ4n) is 1.40. The number of halogens is 1. The molecule has 1 aromatic carbocycles. The van der Waals surface area contributed by atoms with E-state index in [4.69, 9.17) is 21.7 Å². The zero-order valence-electron chi connectivity index (χ0n) is 8.64. The van der Waals surface area contributed by atoms with E-state index in [-0.39, 0.29) is 5.71 Å². The van der Waals surface area contributed by atoms with Gasteiger partial charge in [-0.1, -0.05) is 18.2 Å². The summed E-state index contributed by atoms with van der Waals surface area (Å²) in [6, 6.07) is 8.45. The Bertz CT molecular complexity index is 475. The van der Waals surface area contributed by atoms with Crippen molar-refractivity contribution in [3.8, 4) is 0 Å². The molecule has 2 atom stereocenters. The predicted octanol–water partition coefficient (Wildman–Crippen LogP) is 0.926. The predicted molar refractivity (Wildman–Crippen MR) is 61.2 cm³/mol. The molecule has 88 valence electrons. The van der Waals surface area contributed by atoms with Crippen LogP contribution in [0.4, 0.5) is 0 Å². The van der Waals surface area contributed by atoms with Gasteiger partial charge in [0.05, 0.1) is 5.71 Å². The minimum Gasteiger partial charge on any atom is -0.434 e. The van der Waals surface area contributed by atoms with Crippen molar-refractivity contribution in [3.05, 3.63) is 35.9 Å². The van der Waals surface area contributed by atoms with Gasteiger partial charge in [0.1, 0.15) is 0 Å². The smallest absolute Gasteiger partial charge is 0.332 e. The molecule has 0 bridgehead atoms. The van der Waals surface area contributed by atoms with E-state index in [0.717, 1.165) is 0 Å². The van der Waals surface area contributed by atoms with Crippen LogP contribution in [-0.2, 0) is 9.53 Å². The van der Waals surface area contributed by atoms with Crippen LogP contribution in [0.3, 0.4) is 0 Å². The van der Waals surface area contributed by atoms with Gasteiger partial charge in [0.15, 0.2) is 5.38 Å². The molecular weight excluding hydrogens is 244 g/mol. The molecule has 0 aromatic heterocycles. The zero-order chi connectivity index (χ0) is 12.4. The second kappa shape index (κ2) is 4.55. The molecular formula is C11H9ClN2O3. The maximum atomic E-state index is 11.7. The summed E-state index contributed by atoms with van der Waals surface area (Å²) >= 11 is 5.59.